The lowest BCUT2D eigenvalue weighted by atomic mass is 10.0. The Morgan fingerprint density at radius 2 is 2.10 bits per heavy atom. The van der Waals surface area contributed by atoms with E-state index in [0.29, 0.717) is 22.7 Å². The number of amides is 1. The maximum atomic E-state index is 14.0. The third-order valence-electron chi connectivity index (χ3n) is 4.44. The second-order valence-corrected chi connectivity index (χ2v) is 7.89. The molecule has 3 rings (SSSR count). The normalized spacial score (nSPS) is 12.9. The van der Waals surface area contributed by atoms with Crippen molar-refractivity contribution < 1.29 is 14.3 Å². The Balaban J connectivity index is 1.98. The highest BCUT2D eigenvalue weighted by Crippen LogP contribution is 2.23. The van der Waals surface area contributed by atoms with E-state index in [2.05, 4.69) is 25.7 Å². The number of alkyl halides is 1. The molecule has 1 amide bonds. The van der Waals surface area contributed by atoms with E-state index < -0.39 is 17.7 Å². The highest BCUT2D eigenvalue weighted by Gasteiger charge is 2.27. The van der Waals surface area contributed by atoms with Gasteiger partial charge in [0.25, 0.3) is 5.91 Å². The van der Waals surface area contributed by atoms with Gasteiger partial charge in [-0.3, -0.25) is 9.59 Å². The highest BCUT2D eigenvalue weighted by atomic mass is 19.1. The SMILES string of the molecule is CC(C)Nc1c(C(=O)NCC(F)C(C)(C)O)cnc2cc(-c3ccc(=O)[nH]c3)nn12. The van der Waals surface area contributed by atoms with E-state index in [9.17, 15) is 19.1 Å². The average Bonchev–Trinajstić information content (AvgIpc) is 3.10. The van der Waals surface area contributed by atoms with Crippen molar-refractivity contribution in [2.45, 2.75) is 45.5 Å². The topological polar surface area (TPSA) is 124 Å². The molecule has 0 spiro atoms. The molecule has 0 saturated heterocycles. The number of aromatic amines is 1. The largest absolute Gasteiger partial charge is 0.387 e. The average molecular weight is 416 g/mol. The van der Waals surface area contributed by atoms with Crippen molar-refractivity contribution in [3.05, 3.63) is 46.5 Å². The van der Waals surface area contributed by atoms with Crippen LogP contribution in [0.3, 0.4) is 0 Å². The van der Waals surface area contributed by atoms with Crippen LogP contribution < -0.4 is 16.2 Å². The molecular weight excluding hydrogens is 391 g/mol. The lowest BCUT2D eigenvalue weighted by Crippen LogP contribution is -2.42. The zero-order chi connectivity index (χ0) is 22.1. The minimum absolute atomic E-state index is 0.0202. The van der Waals surface area contributed by atoms with Crippen molar-refractivity contribution in [2.24, 2.45) is 0 Å². The summed E-state index contributed by atoms with van der Waals surface area (Å²) < 4.78 is 15.5. The molecule has 0 radical (unpaired) electrons. The molecule has 0 saturated carbocycles. The maximum Gasteiger partial charge on any atom is 0.256 e. The fraction of sp³-hybridized carbons (Fsp3) is 0.400. The fourth-order valence-electron chi connectivity index (χ4n) is 2.75. The molecule has 0 aromatic carbocycles. The molecular formula is C20H25FN6O3. The van der Waals surface area contributed by atoms with Crippen LogP contribution in [0.5, 0.6) is 0 Å². The van der Waals surface area contributed by atoms with Crippen molar-refractivity contribution in [3.63, 3.8) is 0 Å². The number of nitrogens with one attached hydrogen (secondary N) is 3. The standard InChI is InChI=1S/C20H25FN6O3/c1-11(2)25-18-13(19(29)24-10-15(21)20(3,4)30)9-22-16-7-14(26-27(16)18)12-5-6-17(28)23-8-12/h5-9,11,15,25,30H,10H2,1-4H3,(H,23,28)(H,24,29). The van der Waals surface area contributed by atoms with E-state index in [-0.39, 0.29) is 23.7 Å². The van der Waals surface area contributed by atoms with Crippen LogP contribution in [0.15, 0.2) is 35.4 Å². The molecule has 1 atom stereocenters. The molecule has 0 aliphatic rings. The van der Waals surface area contributed by atoms with Gasteiger partial charge < -0.3 is 20.7 Å². The number of rotatable bonds is 7. The van der Waals surface area contributed by atoms with Gasteiger partial charge >= 0.3 is 0 Å². The maximum absolute atomic E-state index is 14.0. The first kappa shape index (κ1) is 21.4. The number of hydrogen-bond donors (Lipinski definition) is 4. The summed E-state index contributed by atoms with van der Waals surface area (Å²) in [5, 5.41) is 19.9. The summed E-state index contributed by atoms with van der Waals surface area (Å²) in [6.45, 7) is 6.15. The van der Waals surface area contributed by atoms with Crippen molar-refractivity contribution in [2.75, 3.05) is 11.9 Å². The molecule has 3 aromatic heterocycles. The molecule has 0 bridgehead atoms. The number of halogens is 1. The van der Waals surface area contributed by atoms with Gasteiger partial charge in [-0.15, -0.1) is 0 Å². The minimum Gasteiger partial charge on any atom is -0.387 e. The van der Waals surface area contributed by atoms with Gasteiger partial charge in [0.2, 0.25) is 5.56 Å². The van der Waals surface area contributed by atoms with Crippen LogP contribution in [-0.4, -0.2) is 55.0 Å². The number of carbonyl (C=O) groups excluding carboxylic acids is 1. The number of aromatic nitrogens is 4. The van der Waals surface area contributed by atoms with E-state index in [0.717, 1.165) is 0 Å². The van der Waals surface area contributed by atoms with Gasteiger partial charge in [-0.1, -0.05) is 0 Å². The second kappa shape index (κ2) is 8.23. The van der Waals surface area contributed by atoms with Crippen LogP contribution in [0.1, 0.15) is 38.1 Å². The molecule has 160 valence electrons. The van der Waals surface area contributed by atoms with Gasteiger partial charge in [0.1, 0.15) is 17.6 Å². The van der Waals surface area contributed by atoms with E-state index in [1.165, 1.54) is 30.6 Å². The third kappa shape index (κ3) is 4.65. The monoisotopic (exact) mass is 416 g/mol. The Labute approximate surface area is 172 Å². The summed E-state index contributed by atoms with van der Waals surface area (Å²) >= 11 is 0. The Hall–Kier alpha value is -3.27. The Bertz CT molecular complexity index is 1100. The van der Waals surface area contributed by atoms with Crippen LogP contribution in [0, 0.1) is 0 Å². The molecule has 3 heterocycles. The van der Waals surface area contributed by atoms with Gasteiger partial charge in [-0.2, -0.15) is 9.61 Å². The Morgan fingerprint density at radius 3 is 2.70 bits per heavy atom. The molecule has 1 unspecified atom stereocenters. The van der Waals surface area contributed by atoms with E-state index >= 15 is 0 Å². The summed E-state index contributed by atoms with van der Waals surface area (Å²) in [4.78, 5) is 30.9. The van der Waals surface area contributed by atoms with Crippen molar-refractivity contribution in [1.29, 1.82) is 0 Å². The van der Waals surface area contributed by atoms with Gasteiger partial charge in [0.15, 0.2) is 5.65 Å². The lowest BCUT2D eigenvalue weighted by Gasteiger charge is -2.22. The van der Waals surface area contributed by atoms with Crippen LogP contribution in [0.25, 0.3) is 16.9 Å². The van der Waals surface area contributed by atoms with Crippen molar-refractivity contribution >= 4 is 17.4 Å². The van der Waals surface area contributed by atoms with E-state index in [1.54, 1.807) is 18.3 Å². The number of nitrogens with zero attached hydrogens (tertiary/aromatic N) is 3. The fourth-order valence-corrected chi connectivity index (χ4v) is 2.75. The molecule has 9 nitrogen and oxygen atoms in total. The summed E-state index contributed by atoms with van der Waals surface area (Å²) in [5.74, 6) is -0.137. The molecule has 3 aromatic rings. The molecule has 4 N–H and O–H groups in total. The predicted octanol–water partition coefficient (Wildman–Crippen LogP) is 1.74. The molecule has 0 aliphatic heterocycles. The number of pyridine rings is 1. The minimum atomic E-state index is -1.63. The number of aliphatic hydroxyl groups is 1. The number of hydrogen-bond acceptors (Lipinski definition) is 6. The Morgan fingerprint density at radius 1 is 1.37 bits per heavy atom. The first-order valence-corrected chi connectivity index (χ1v) is 9.55. The zero-order valence-electron chi connectivity index (χ0n) is 17.2. The van der Waals surface area contributed by atoms with Crippen molar-refractivity contribution in [1.82, 2.24) is 24.9 Å². The van der Waals surface area contributed by atoms with Crippen LogP contribution in [0.2, 0.25) is 0 Å². The van der Waals surface area contributed by atoms with Crippen molar-refractivity contribution in [3.8, 4) is 11.3 Å². The number of carbonyl (C=O) groups is 1. The summed E-state index contributed by atoms with van der Waals surface area (Å²) in [5.41, 5.74) is 0.146. The van der Waals surface area contributed by atoms with Crippen LogP contribution in [-0.2, 0) is 0 Å². The summed E-state index contributed by atoms with van der Waals surface area (Å²) in [6.07, 6.45) is 1.31. The Kier molecular flexibility index (Phi) is 5.88. The van der Waals surface area contributed by atoms with Gasteiger partial charge in [0, 0.05) is 36.1 Å². The first-order chi connectivity index (χ1) is 14.1. The van der Waals surface area contributed by atoms with E-state index in [1.807, 2.05) is 13.8 Å². The van der Waals surface area contributed by atoms with Gasteiger partial charge in [-0.25, -0.2) is 9.37 Å². The van der Waals surface area contributed by atoms with Gasteiger partial charge in [-0.05, 0) is 33.8 Å². The van der Waals surface area contributed by atoms with Gasteiger partial charge in [0.05, 0.1) is 17.8 Å². The summed E-state index contributed by atoms with van der Waals surface area (Å²) in [7, 11) is 0. The van der Waals surface area contributed by atoms with Crippen LogP contribution >= 0.6 is 0 Å². The highest BCUT2D eigenvalue weighted by molar-refractivity contribution is 5.99. The summed E-state index contributed by atoms with van der Waals surface area (Å²) in [6, 6.07) is 4.75. The molecule has 30 heavy (non-hydrogen) atoms. The molecule has 0 fully saturated rings. The zero-order valence-corrected chi connectivity index (χ0v) is 17.2. The quantitative estimate of drug-likeness (QED) is 0.465. The van der Waals surface area contributed by atoms with Crippen LogP contribution in [0.4, 0.5) is 10.2 Å². The predicted molar refractivity (Wildman–Crippen MR) is 111 cm³/mol. The number of anilines is 1. The molecule has 10 heteroatoms. The number of fused-ring (bicyclic) bond motifs is 1. The molecule has 0 aliphatic carbocycles. The van der Waals surface area contributed by atoms with E-state index in [4.69, 9.17) is 0 Å². The number of H-pyrrole nitrogens is 1. The second-order valence-electron chi connectivity index (χ2n) is 7.89. The lowest BCUT2D eigenvalue weighted by molar-refractivity contribution is -0.00177. The first-order valence-electron chi connectivity index (χ1n) is 9.55. The smallest absolute Gasteiger partial charge is 0.256 e. The third-order valence-corrected chi connectivity index (χ3v) is 4.44.